The van der Waals surface area contributed by atoms with Gasteiger partial charge in [0, 0.05) is 18.4 Å². The highest BCUT2D eigenvalue weighted by Crippen LogP contribution is 2.21. The maximum atomic E-state index is 11.6. The van der Waals surface area contributed by atoms with Crippen LogP contribution in [0.4, 0.5) is 4.79 Å². The molecule has 2 rings (SSSR count). The van der Waals surface area contributed by atoms with Gasteiger partial charge in [-0.15, -0.1) is 10.2 Å². The Hall–Kier alpha value is -1.39. The van der Waals surface area contributed by atoms with Gasteiger partial charge in [-0.2, -0.15) is 0 Å². The molecule has 0 saturated heterocycles. The van der Waals surface area contributed by atoms with E-state index in [1.807, 2.05) is 20.8 Å². The van der Waals surface area contributed by atoms with Crippen molar-refractivity contribution in [3.63, 3.8) is 0 Å². The van der Waals surface area contributed by atoms with Crippen molar-refractivity contribution in [3.8, 4) is 0 Å². The average molecular weight is 194 g/mol. The van der Waals surface area contributed by atoms with Crippen LogP contribution >= 0.6 is 0 Å². The summed E-state index contributed by atoms with van der Waals surface area (Å²) in [7, 11) is 0. The van der Waals surface area contributed by atoms with E-state index in [0.29, 0.717) is 6.54 Å². The van der Waals surface area contributed by atoms with Crippen molar-refractivity contribution in [1.82, 2.24) is 20.1 Å². The van der Waals surface area contributed by atoms with Gasteiger partial charge in [-0.05, 0) is 0 Å². The van der Waals surface area contributed by atoms with Gasteiger partial charge in [0.1, 0.15) is 11.6 Å². The van der Waals surface area contributed by atoms with Gasteiger partial charge in [-0.1, -0.05) is 20.8 Å². The van der Waals surface area contributed by atoms with E-state index in [-0.39, 0.29) is 11.4 Å². The van der Waals surface area contributed by atoms with Crippen molar-refractivity contribution in [2.24, 2.45) is 0 Å². The van der Waals surface area contributed by atoms with E-state index in [0.717, 1.165) is 18.1 Å². The SMILES string of the molecule is CC(C)(C)c1nnc2n1C(=O)NCC2. The highest BCUT2D eigenvalue weighted by atomic mass is 16.2. The zero-order chi connectivity index (χ0) is 10.3. The second kappa shape index (κ2) is 2.80. The number of fused-ring (bicyclic) bond motifs is 1. The fourth-order valence-electron chi connectivity index (χ4n) is 1.54. The Morgan fingerprint density at radius 3 is 2.71 bits per heavy atom. The van der Waals surface area contributed by atoms with Crippen LogP contribution in [0.2, 0.25) is 0 Å². The summed E-state index contributed by atoms with van der Waals surface area (Å²) in [6, 6.07) is -0.110. The monoisotopic (exact) mass is 194 g/mol. The summed E-state index contributed by atoms with van der Waals surface area (Å²) >= 11 is 0. The molecule has 0 saturated carbocycles. The van der Waals surface area contributed by atoms with Crippen LogP contribution in [-0.4, -0.2) is 27.3 Å². The predicted octanol–water partition coefficient (Wildman–Crippen LogP) is 0.689. The molecule has 1 aliphatic rings. The van der Waals surface area contributed by atoms with Crippen LogP contribution in [0.5, 0.6) is 0 Å². The molecule has 1 aliphatic heterocycles. The molecule has 1 aromatic heterocycles. The summed E-state index contributed by atoms with van der Waals surface area (Å²) < 4.78 is 1.59. The maximum absolute atomic E-state index is 11.6. The molecule has 14 heavy (non-hydrogen) atoms. The summed E-state index contributed by atoms with van der Waals surface area (Å²) in [5, 5.41) is 10.9. The van der Waals surface area contributed by atoms with Crippen molar-refractivity contribution in [2.75, 3.05) is 6.54 Å². The quantitative estimate of drug-likeness (QED) is 0.661. The first kappa shape index (κ1) is 9.18. The molecule has 0 bridgehead atoms. The van der Waals surface area contributed by atoms with E-state index in [1.54, 1.807) is 4.57 Å². The standard InChI is InChI=1S/C9H14N4O/c1-9(2,3)7-12-11-6-4-5-10-8(14)13(6)7/h4-5H2,1-3H3,(H,10,14). The van der Waals surface area contributed by atoms with Gasteiger partial charge in [0.15, 0.2) is 0 Å². The molecule has 0 spiro atoms. The van der Waals surface area contributed by atoms with Gasteiger partial charge in [0.2, 0.25) is 0 Å². The topological polar surface area (TPSA) is 59.8 Å². The van der Waals surface area contributed by atoms with Gasteiger partial charge in [0.25, 0.3) is 0 Å². The molecule has 0 aromatic carbocycles. The Bertz CT molecular complexity index is 375. The summed E-state index contributed by atoms with van der Waals surface area (Å²) in [6.07, 6.45) is 0.759. The molecule has 0 atom stereocenters. The van der Waals surface area contributed by atoms with Crippen molar-refractivity contribution in [3.05, 3.63) is 11.6 Å². The summed E-state index contributed by atoms with van der Waals surface area (Å²) in [5.74, 6) is 1.49. The van der Waals surface area contributed by atoms with Crippen LogP contribution < -0.4 is 5.32 Å². The molecule has 5 heteroatoms. The summed E-state index contributed by atoms with van der Waals surface area (Å²) in [4.78, 5) is 11.6. The largest absolute Gasteiger partial charge is 0.337 e. The lowest BCUT2D eigenvalue weighted by Gasteiger charge is -2.21. The number of hydrogen-bond acceptors (Lipinski definition) is 3. The minimum atomic E-state index is -0.153. The third-order valence-corrected chi connectivity index (χ3v) is 2.23. The number of aromatic nitrogens is 3. The summed E-state index contributed by atoms with van der Waals surface area (Å²) in [6.45, 7) is 6.71. The first-order valence-corrected chi connectivity index (χ1v) is 4.73. The Kier molecular flexibility index (Phi) is 1.83. The number of nitrogens with one attached hydrogen (secondary N) is 1. The average Bonchev–Trinajstić information content (AvgIpc) is 2.47. The molecular weight excluding hydrogens is 180 g/mol. The number of rotatable bonds is 0. The number of carbonyl (C=O) groups is 1. The molecule has 0 fully saturated rings. The lowest BCUT2D eigenvalue weighted by molar-refractivity contribution is 0.237. The number of hydrogen-bond donors (Lipinski definition) is 1. The molecule has 76 valence electrons. The van der Waals surface area contributed by atoms with Crippen LogP contribution in [0.25, 0.3) is 0 Å². The molecular formula is C9H14N4O. The molecule has 0 radical (unpaired) electrons. The van der Waals surface area contributed by atoms with Crippen LogP contribution in [0, 0.1) is 0 Å². The van der Waals surface area contributed by atoms with E-state index >= 15 is 0 Å². The smallest absolute Gasteiger partial charge is 0.328 e. The fraction of sp³-hybridized carbons (Fsp3) is 0.667. The fourth-order valence-corrected chi connectivity index (χ4v) is 1.54. The molecule has 0 aliphatic carbocycles. The highest BCUT2D eigenvalue weighted by Gasteiger charge is 2.28. The first-order chi connectivity index (χ1) is 6.50. The van der Waals surface area contributed by atoms with E-state index in [9.17, 15) is 4.79 Å². The van der Waals surface area contributed by atoms with Crippen LogP contribution in [0.15, 0.2) is 0 Å². The minimum Gasteiger partial charge on any atom is -0.337 e. The highest BCUT2D eigenvalue weighted by molar-refractivity contribution is 5.78. The van der Waals surface area contributed by atoms with Crippen LogP contribution in [0.1, 0.15) is 32.4 Å². The van der Waals surface area contributed by atoms with E-state index < -0.39 is 0 Å². The molecule has 2 heterocycles. The number of amides is 1. The first-order valence-electron chi connectivity index (χ1n) is 4.73. The summed E-state index contributed by atoms with van der Waals surface area (Å²) in [5.41, 5.74) is -0.153. The minimum absolute atomic E-state index is 0.110. The van der Waals surface area contributed by atoms with Gasteiger partial charge in [-0.3, -0.25) is 0 Å². The van der Waals surface area contributed by atoms with Crippen LogP contribution in [0.3, 0.4) is 0 Å². The van der Waals surface area contributed by atoms with Crippen molar-refractivity contribution < 1.29 is 4.79 Å². The predicted molar refractivity (Wildman–Crippen MR) is 51.2 cm³/mol. The lowest BCUT2D eigenvalue weighted by Crippen LogP contribution is -2.39. The Labute approximate surface area is 82.5 Å². The molecule has 0 unspecified atom stereocenters. The maximum Gasteiger partial charge on any atom is 0.328 e. The molecule has 1 amide bonds. The third kappa shape index (κ3) is 1.29. The molecule has 1 N–H and O–H groups in total. The van der Waals surface area contributed by atoms with Crippen LogP contribution in [-0.2, 0) is 11.8 Å². The van der Waals surface area contributed by atoms with Gasteiger partial charge in [-0.25, -0.2) is 9.36 Å². The third-order valence-electron chi connectivity index (χ3n) is 2.23. The van der Waals surface area contributed by atoms with Crippen molar-refractivity contribution in [1.29, 1.82) is 0 Å². The van der Waals surface area contributed by atoms with Gasteiger partial charge in [0.05, 0.1) is 0 Å². The Balaban J connectivity index is 2.54. The lowest BCUT2D eigenvalue weighted by atomic mass is 9.95. The normalized spacial score (nSPS) is 16.4. The van der Waals surface area contributed by atoms with E-state index in [4.69, 9.17) is 0 Å². The second-order valence-electron chi connectivity index (χ2n) is 4.51. The number of nitrogens with zero attached hydrogens (tertiary/aromatic N) is 3. The zero-order valence-corrected chi connectivity index (χ0v) is 8.66. The number of carbonyl (C=O) groups excluding carboxylic acids is 1. The van der Waals surface area contributed by atoms with E-state index in [2.05, 4.69) is 15.5 Å². The van der Waals surface area contributed by atoms with Crippen molar-refractivity contribution >= 4 is 6.03 Å². The van der Waals surface area contributed by atoms with Gasteiger partial charge < -0.3 is 5.32 Å². The zero-order valence-electron chi connectivity index (χ0n) is 8.66. The Morgan fingerprint density at radius 2 is 2.07 bits per heavy atom. The second-order valence-corrected chi connectivity index (χ2v) is 4.51. The molecule has 1 aromatic rings. The van der Waals surface area contributed by atoms with E-state index in [1.165, 1.54) is 0 Å². The van der Waals surface area contributed by atoms with Crippen molar-refractivity contribution in [2.45, 2.75) is 32.6 Å². The molecule has 5 nitrogen and oxygen atoms in total. The Morgan fingerprint density at radius 1 is 1.36 bits per heavy atom. The van der Waals surface area contributed by atoms with Gasteiger partial charge >= 0.3 is 6.03 Å².